The Labute approximate surface area is 108 Å². The fourth-order valence-electron chi connectivity index (χ4n) is 1.28. The number of benzene rings is 1. The molecular formula is C14H21NO3. The molecule has 1 rings (SSSR count). The van der Waals surface area contributed by atoms with Crippen molar-refractivity contribution < 1.29 is 14.3 Å². The molecule has 0 bridgehead atoms. The number of esters is 1. The third-order valence-corrected chi connectivity index (χ3v) is 2.83. The SMILES string of the molecule is COC(=O)COc1ccc(NC(C)C(C)C)cc1. The Morgan fingerprint density at radius 3 is 2.33 bits per heavy atom. The van der Waals surface area contributed by atoms with Gasteiger partial charge in [0.15, 0.2) is 6.61 Å². The minimum absolute atomic E-state index is 0.0638. The van der Waals surface area contributed by atoms with Crippen LogP contribution in [0.25, 0.3) is 0 Å². The van der Waals surface area contributed by atoms with Gasteiger partial charge in [0.05, 0.1) is 7.11 Å². The minimum Gasteiger partial charge on any atom is -0.482 e. The first-order valence-electron chi connectivity index (χ1n) is 6.09. The minimum atomic E-state index is -0.384. The van der Waals surface area contributed by atoms with Crippen LogP contribution in [0.2, 0.25) is 0 Å². The first-order valence-corrected chi connectivity index (χ1v) is 6.09. The van der Waals surface area contributed by atoms with Crippen LogP contribution in [0.15, 0.2) is 24.3 Å². The van der Waals surface area contributed by atoms with E-state index in [1.54, 1.807) is 0 Å². The molecule has 0 aliphatic heterocycles. The molecule has 1 aromatic rings. The first-order chi connectivity index (χ1) is 8.52. The molecule has 0 aliphatic carbocycles. The number of anilines is 1. The van der Waals surface area contributed by atoms with Crippen molar-refractivity contribution in [1.29, 1.82) is 0 Å². The fraction of sp³-hybridized carbons (Fsp3) is 0.500. The third kappa shape index (κ3) is 4.65. The molecular weight excluding hydrogens is 230 g/mol. The van der Waals surface area contributed by atoms with E-state index in [0.29, 0.717) is 17.7 Å². The molecule has 0 fully saturated rings. The Bertz CT molecular complexity index is 373. The number of carbonyl (C=O) groups excluding carboxylic acids is 1. The van der Waals surface area contributed by atoms with Gasteiger partial charge in [0.1, 0.15) is 5.75 Å². The van der Waals surface area contributed by atoms with Gasteiger partial charge < -0.3 is 14.8 Å². The molecule has 1 unspecified atom stereocenters. The van der Waals surface area contributed by atoms with Crippen LogP contribution in [0.4, 0.5) is 5.69 Å². The lowest BCUT2D eigenvalue weighted by molar-refractivity contribution is -0.142. The van der Waals surface area contributed by atoms with Crippen molar-refractivity contribution in [2.45, 2.75) is 26.8 Å². The van der Waals surface area contributed by atoms with Gasteiger partial charge in [-0.1, -0.05) is 13.8 Å². The van der Waals surface area contributed by atoms with Crippen LogP contribution >= 0.6 is 0 Å². The monoisotopic (exact) mass is 251 g/mol. The average molecular weight is 251 g/mol. The fourth-order valence-corrected chi connectivity index (χ4v) is 1.28. The van der Waals surface area contributed by atoms with Crippen LogP contribution in [0.3, 0.4) is 0 Å². The lowest BCUT2D eigenvalue weighted by Crippen LogP contribution is -2.21. The van der Waals surface area contributed by atoms with Crippen LogP contribution in [0.1, 0.15) is 20.8 Å². The van der Waals surface area contributed by atoms with Gasteiger partial charge in [0, 0.05) is 11.7 Å². The molecule has 0 aromatic heterocycles. The van der Waals surface area contributed by atoms with Gasteiger partial charge in [0.2, 0.25) is 0 Å². The van der Waals surface area contributed by atoms with Crippen molar-refractivity contribution in [1.82, 2.24) is 0 Å². The second-order valence-electron chi connectivity index (χ2n) is 4.57. The van der Waals surface area contributed by atoms with E-state index in [9.17, 15) is 4.79 Å². The molecule has 0 saturated heterocycles. The average Bonchev–Trinajstić information content (AvgIpc) is 2.37. The van der Waals surface area contributed by atoms with E-state index in [1.165, 1.54) is 7.11 Å². The number of rotatable bonds is 6. The summed E-state index contributed by atoms with van der Waals surface area (Å²) in [5.74, 6) is 0.842. The largest absolute Gasteiger partial charge is 0.482 e. The molecule has 4 nitrogen and oxygen atoms in total. The molecule has 0 heterocycles. The number of ether oxygens (including phenoxy) is 2. The molecule has 1 atom stereocenters. The molecule has 0 spiro atoms. The van der Waals surface area contributed by atoms with E-state index in [-0.39, 0.29) is 12.6 Å². The maximum absolute atomic E-state index is 10.9. The lowest BCUT2D eigenvalue weighted by Gasteiger charge is -2.18. The highest BCUT2D eigenvalue weighted by molar-refractivity contribution is 5.70. The molecule has 0 aliphatic rings. The number of carbonyl (C=O) groups is 1. The summed E-state index contributed by atoms with van der Waals surface area (Å²) < 4.78 is 9.76. The highest BCUT2D eigenvalue weighted by Crippen LogP contribution is 2.17. The Kier molecular flexibility index (Phi) is 5.49. The molecule has 0 saturated carbocycles. The van der Waals surface area contributed by atoms with Crippen molar-refractivity contribution in [3.05, 3.63) is 24.3 Å². The van der Waals surface area contributed by atoms with Crippen LogP contribution in [-0.4, -0.2) is 25.7 Å². The highest BCUT2D eigenvalue weighted by Gasteiger charge is 2.06. The van der Waals surface area contributed by atoms with E-state index in [0.717, 1.165) is 5.69 Å². The summed E-state index contributed by atoms with van der Waals surface area (Å²) in [7, 11) is 1.34. The summed E-state index contributed by atoms with van der Waals surface area (Å²) >= 11 is 0. The Morgan fingerprint density at radius 2 is 1.83 bits per heavy atom. The van der Waals surface area contributed by atoms with Gasteiger partial charge in [0.25, 0.3) is 0 Å². The number of nitrogens with one attached hydrogen (secondary N) is 1. The zero-order valence-corrected chi connectivity index (χ0v) is 11.4. The first kappa shape index (κ1) is 14.4. The van der Waals surface area contributed by atoms with E-state index in [1.807, 2.05) is 24.3 Å². The standard InChI is InChI=1S/C14H21NO3/c1-10(2)11(3)15-12-5-7-13(8-6-12)18-9-14(16)17-4/h5-8,10-11,15H,9H2,1-4H3. The second-order valence-corrected chi connectivity index (χ2v) is 4.57. The number of methoxy groups -OCH3 is 1. The van der Waals surface area contributed by atoms with Crippen molar-refractivity contribution in [3.63, 3.8) is 0 Å². The molecule has 100 valence electrons. The number of hydrogen-bond acceptors (Lipinski definition) is 4. The van der Waals surface area contributed by atoms with Gasteiger partial charge in [-0.3, -0.25) is 0 Å². The van der Waals surface area contributed by atoms with Crippen LogP contribution in [0.5, 0.6) is 5.75 Å². The van der Waals surface area contributed by atoms with E-state index in [2.05, 4.69) is 30.8 Å². The van der Waals surface area contributed by atoms with Crippen molar-refractivity contribution >= 4 is 11.7 Å². The van der Waals surface area contributed by atoms with E-state index >= 15 is 0 Å². The summed E-state index contributed by atoms with van der Waals surface area (Å²) in [5.41, 5.74) is 1.04. The molecule has 1 aromatic carbocycles. The van der Waals surface area contributed by atoms with Gasteiger partial charge in [-0.25, -0.2) is 4.79 Å². The smallest absolute Gasteiger partial charge is 0.343 e. The van der Waals surface area contributed by atoms with Gasteiger partial charge in [-0.05, 0) is 37.1 Å². The van der Waals surface area contributed by atoms with Crippen molar-refractivity contribution in [3.8, 4) is 5.75 Å². The Balaban J connectivity index is 2.49. The lowest BCUT2D eigenvalue weighted by atomic mass is 10.1. The van der Waals surface area contributed by atoms with Gasteiger partial charge >= 0.3 is 5.97 Å². The van der Waals surface area contributed by atoms with Gasteiger partial charge in [-0.15, -0.1) is 0 Å². The summed E-state index contributed by atoms with van der Waals surface area (Å²) in [6.45, 7) is 6.43. The maximum Gasteiger partial charge on any atom is 0.343 e. The second kappa shape index (κ2) is 6.89. The molecule has 0 radical (unpaired) electrons. The van der Waals surface area contributed by atoms with Crippen LogP contribution in [-0.2, 0) is 9.53 Å². The third-order valence-electron chi connectivity index (χ3n) is 2.83. The maximum atomic E-state index is 10.9. The van der Waals surface area contributed by atoms with Crippen molar-refractivity contribution in [2.75, 3.05) is 19.0 Å². The van der Waals surface area contributed by atoms with Crippen LogP contribution in [0, 0.1) is 5.92 Å². The van der Waals surface area contributed by atoms with E-state index < -0.39 is 0 Å². The molecule has 0 amide bonds. The summed E-state index contributed by atoms with van der Waals surface area (Å²) in [6.07, 6.45) is 0. The van der Waals surface area contributed by atoms with Gasteiger partial charge in [-0.2, -0.15) is 0 Å². The molecule has 18 heavy (non-hydrogen) atoms. The zero-order valence-electron chi connectivity index (χ0n) is 11.4. The Hall–Kier alpha value is -1.71. The number of hydrogen-bond donors (Lipinski definition) is 1. The summed E-state index contributed by atoms with van der Waals surface area (Å²) in [5, 5.41) is 3.40. The molecule has 4 heteroatoms. The summed E-state index contributed by atoms with van der Waals surface area (Å²) in [4.78, 5) is 10.9. The van der Waals surface area contributed by atoms with Crippen LogP contribution < -0.4 is 10.1 Å². The zero-order chi connectivity index (χ0) is 13.5. The van der Waals surface area contributed by atoms with Crippen molar-refractivity contribution in [2.24, 2.45) is 5.92 Å². The van der Waals surface area contributed by atoms with E-state index in [4.69, 9.17) is 4.74 Å². The quantitative estimate of drug-likeness (QED) is 0.790. The predicted octanol–water partition coefficient (Wildman–Crippen LogP) is 2.69. The highest BCUT2D eigenvalue weighted by atomic mass is 16.6. The molecule has 1 N–H and O–H groups in total. The summed E-state index contributed by atoms with van der Waals surface area (Å²) in [6, 6.07) is 7.94. The Morgan fingerprint density at radius 1 is 1.22 bits per heavy atom. The topological polar surface area (TPSA) is 47.6 Å². The normalized spacial score (nSPS) is 12.1. The predicted molar refractivity (Wildman–Crippen MR) is 71.9 cm³/mol.